The molecule has 21 heavy (non-hydrogen) atoms. The van der Waals surface area contributed by atoms with Crippen LogP contribution >= 0.6 is 0 Å². The largest absolute Gasteiger partial charge is 0.508 e. The summed E-state index contributed by atoms with van der Waals surface area (Å²) in [5, 5.41) is 12.8. The molecule has 1 unspecified atom stereocenters. The SMILES string of the molecule is CCC(NCCCOCc1ccco1)c1ccc(O)cc1. The molecular weight excluding hydrogens is 266 g/mol. The monoisotopic (exact) mass is 289 g/mol. The molecule has 0 aliphatic heterocycles. The minimum atomic E-state index is 0.305. The van der Waals surface area contributed by atoms with Gasteiger partial charge in [0.05, 0.1) is 6.26 Å². The highest BCUT2D eigenvalue weighted by molar-refractivity contribution is 5.27. The van der Waals surface area contributed by atoms with Gasteiger partial charge in [0.2, 0.25) is 0 Å². The quantitative estimate of drug-likeness (QED) is 0.692. The minimum absolute atomic E-state index is 0.305. The first-order valence-electron chi connectivity index (χ1n) is 7.42. The molecule has 1 heterocycles. The number of nitrogens with one attached hydrogen (secondary N) is 1. The van der Waals surface area contributed by atoms with Gasteiger partial charge in [0.15, 0.2) is 0 Å². The van der Waals surface area contributed by atoms with Crippen LogP contribution in [0, 0.1) is 0 Å². The summed E-state index contributed by atoms with van der Waals surface area (Å²) < 4.78 is 10.8. The van der Waals surface area contributed by atoms with Crippen molar-refractivity contribution < 1.29 is 14.3 Å². The first-order valence-corrected chi connectivity index (χ1v) is 7.42. The number of furan rings is 1. The van der Waals surface area contributed by atoms with Crippen LogP contribution in [0.25, 0.3) is 0 Å². The normalized spacial score (nSPS) is 12.4. The second-order valence-corrected chi connectivity index (χ2v) is 4.99. The molecule has 1 atom stereocenters. The van der Waals surface area contributed by atoms with Crippen LogP contribution < -0.4 is 5.32 Å². The smallest absolute Gasteiger partial charge is 0.129 e. The lowest BCUT2D eigenvalue weighted by molar-refractivity contribution is 0.103. The highest BCUT2D eigenvalue weighted by Crippen LogP contribution is 2.19. The lowest BCUT2D eigenvalue weighted by atomic mass is 10.0. The average Bonchev–Trinajstić information content (AvgIpc) is 3.01. The molecule has 0 bridgehead atoms. The van der Waals surface area contributed by atoms with Crippen molar-refractivity contribution in [3.8, 4) is 5.75 Å². The van der Waals surface area contributed by atoms with Gasteiger partial charge in [-0.3, -0.25) is 0 Å². The van der Waals surface area contributed by atoms with Crippen LogP contribution in [0.5, 0.6) is 5.75 Å². The van der Waals surface area contributed by atoms with Crippen LogP contribution in [0.2, 0.25) is 0 Å². The van der Waals surface area contributed by atoms with Crippen LogP contribution in [-0.4, -0.2) is 18.3 Å². The van der Waals surface area contributed by atoms with Crippen molar-refractivity contribution in [2.24, 2.45) is 0 Å². The highest BCUT2D eigenvalue weighted by Gasteiger charge is 2.07. The summed E-state index contributed by atoms with van der Waals surface area (Å²) in [7, 11) is 0. The van der Waals surface area contributed by atoms with Gasteiger partial charge in [-0.05, 0) is 49.2 Å². The number of benzene rings is 1. The zero-order chi connectivity index (χ0) is 14.9. The van der Waals surface area contributed by atoms with E-state index in [1.54, 1.807) is 18.4 Å². The van der Waals surface area contributed by atoms with Crippen LogP contribution in [-0.2, 0) is 11.3 Å². The topological polar surface area (TPSA) is 54.6 Å². The summed E-state index contributed by atoms with van der Waals surface area (Å²) in [4.78, 5) is 0. The van der Waals surface area contributed by atoms with E-state index < -0.39 is 0 Å². The maximum absolute atomic E-state index is 9.32. The molecule has 2 rings (SSSR count). The van der Waals surface area contributed by atoms with Gasteiger partial charge < -0.3 is 19.6 Å². The third-order valence-corrected chi connectivity index (χ3v) is 3.38. The maximum atomic E-state index is 9.32. The van der Waals surface area contributed by atoms with E-state index in [1.165, 1.54) is 5.56 Å². The lowest BCUT2D eigenvalue weighted by Crippen LogP contribution is -2.22. The first kappa shape index (κ1) is 15.6. The fraction of sp³-hybridized carbons (Fsp3) is 0.412. The summed E-state index contributed by atoms with van der Waals surface area (Å²) in [6.45, 7) is 4.29. The minimum Gasteiger partial charge on any atom is -0.508 e. The van der Waals surface area contributed by atoms with E-state index in [4.69, 9.17) is 9.15 Å². The Kier molecular flexibility index (Phi) is 6.31. The van der Waals surface area contributed by atoms with E-state index in [-0.39, 0.29) is 0 Å². The third kappa shape index (κ3) is 5.25. The summed E-state index contributed by atoms with van der Waals surface area (Å²) >= 11 is 0. The van der Waals surface area contributed by atoms with E-state index >= 15 is 0 Å². The van der Waals surface area contributed by atoms with Crippen molar-refractivity contribution in [2.45, 2.75) is 32.4 Å². The molecule has 0 saturated carbocycles. The van der Waals surface area contributed by atoms with E-state index in [2.05, 4.69) is 12.2 Å². The van der Waals surface area contributed by atoms with Crippen molar-refractivity contribution in [1.29, 1.82) is 0 Å². The number of hydrogen-bond donors (Lipinski definition) is 2. The van der Waals surface area contributed by atoms with Crippen molar-refractivity contribution in [3.05, 3.63) is 54.0 Å². The highest BCUT2D eigenvalue weighted by atomic mass is 16.5. The van der Waals surface area contributed by atoms with E-state index in [0.717, 1.165) is 25.1 Å². The van der Waals surface area contributed by atoms with E-state index in [1.807, 2.05) is 24.3 Å². The van der Waals surface area contributed by atoms with Crippen LogP contribution in [0.3, 0.4) is 0 Å². The van der Waals surface area contributed by atoms with Crippen molar-refractivity contribution in [3.63, 3.8) is 0 Å². The Morgan fingerprint density at radius 3 is 2.71 bits per heavy atom. The number of phenolic OH excluding ortho intramolecular Hbond substituents is 1. The van der Waals surface area contributed by atoms with Gasteiger partial charge >= 0.3 is 0 Å². The summed E-state index contributed by atoms with van der Waals surface area (Å²) in [5.74, 6) is 1.17. The fourth-order valence-corrected chi connectivity index (χ4v) is 2.22. The molecule has 0 radical (unpaired) electrons. The van der Waals surface area contributed by atoms with E-state index in [0.29, 0.717) is 25.0 Å². The van der Waals surface area contributed by atoms with Crippen LogP contribution in [0.15, 0.2) is 47.1 Å². The zero-order valence-corrected chi connectivity index (χ0v) is 12.4. The maximum Gasteiger partial charge on any atom is 0.129 e. The van der Waals surface area contributed by atoms with Gasteiger partial charge in [0, 0.05) is 12.6 Å². The van der Waals surface area contributed by atoms with Gasteiger partial charge in [-0.15, -0.1) is 0 Å². The Balaban J connectivity index is 1.63. The molecule has 4 nitrogen and oxygen atoms in total. The predicted octanol–water partition coefficient (Wildman–Crippen LogP) is 3.63. The molecule has 4 heteroatoms. The first-order chi connectivity index (χ1) is 10.3. The fourth-order valence-electron chi connectivity index (χ4n) is 2.22. The molecule has 1 aromatic heterocycles. The van der Waals surface area contributed by atoms with Gasteiger partial charge in [-0.25, -0.2) is 0 Å². The van der Waals surface area contributed by atoms with E-state index in [9.17, 15) is 5.11 Å². The van der Waals surface area contributed by atoms with Crippen molar-refractivity contribution >= 4 is 0 Å². The number of rotatable bonds is 9. The Bertz CT molecular complexity index is 493. The molecule has 114 valence electrons. The average molecular weight is 289 g/mol. The van der Waals surface area contributed by atoms with Crippen molar-refractivity contribution in [1.82, 2.24) is 5.32 Å². The third-order valence-electron chi connectivity index (χ3n) is 3.38. The molecular formula is C17H23NO3. The number of aromatic hydroxyl groups is 1. The van der Waals surface area contributed by atoms with Gasteiger partial charge in [-0.1, -0.05) is 19.1 Å². The van der Waals surface area contributed by atoms with Gasteiger partial charge in [0.25, 0.3) is 0 Å². The van der Waals surface area contributed by atoms with Crippen molar-refractivity contribution in [2.75, 3.05) is 13.2 Å². The van der Waals surface area contributed by atoms with Crippen LogP contribution in [0.4, 0.5) is 0 Å². The Morgan fingerprint density at radius 1 is 1.24 bits per heavy atom. The molecule has 0 amide bonds. The standard InChI is InChI=1S/C17H23NO3/c1-2-17(14-6-8-15(19)9-7-14)18-10-4-11-20-13-16-5-3-12-21-16/h3,5-9,12,17-19H,2,4,10-11,13H2,1H3. The summed E-state index contributed by atoms with van der Waals surface area (Å²) in [5.41, 5.74) is 1.20. The molecule has 0 aliphatic carbocycles. The molecule has 2 aromatic rings. The molecule has 0 fully saturated rings. The number of ether oxygens (including phenoxy) is 1. The molecule has 0 aliphatic rings. The summed E-state index contributed by atoms with van der Waals surface area (Å²) in [6, 6.07) is 11.5. The van der Waals surface area contributed by atoms with Crippen LogP contribution in [0.1, 0.15) is 37.1 Å². The predicted molar refractivity (Wildman–Crippen MR) is 82.1 cm³/mol. The molecule has 2 N–H and O–H groups in total. The number of phenols is 1. The molecule has 0 spiro atoms. The summed E-state index contributed by atoms with van der Waals surface area (Å²) in [6.07, 6.45) is 3.62. The Hall–Kier alpha value is -1.78. The molecule has 1 aromatic carbocycles. The second kappa shape index (κ2) is 8.49. The van der Waals surface area contributed by atoms with Gasteiger partial charge in [0.1, 0.15) is 18.1 Å². The zero-order valence-electron chi connectivity index (χ0n) is 12.4. The van der Waals surface area contributed by atoms with Gasteiger partial charge in [-0.2, -0.15) is 0 Å². The molecule has 0 saturated heterocycles. The Morgan fingerprint density at radius 2 is 2.05 bits per heavy atom. The second-order valence-electron chi connectivity index (χ2n) is 4.99. The number of hydrogen-bond acceptors (Lipinski definition) is 4. The Labute approximate surface area is 125 Å². The lowest BCUT2D eigenvalue weighted by Gasteiger charge is -2.17.